The summed E-state index contributed by atoms with van der Waals surface area (Å²) in [5.41, 5.74) is -0.0689. The van der Waals surface area contributed by atoms with Crippen molar-refractivity contribution < 1.29 is 32.6 Å². The molecule has 3 saturated heterocycles. The van der Waals surface area contributed by atoms with E-state index in [-0.39, 0.29) is 23.9 Å². The standard InChI is InChI=1S/C24H31F3N6O4/c1-22(36,24(25,26)27)15-3-5-16(6-4-15)30-19-18-17(7-12-29-20(18)34)33(31-19)23(8-11-28)9-13-32(14-10-23)21(35)37-2/h3-6,17-19,30-31,36H,7-10,12-14H2,1-2H3,(H,29,34). The maximum absolute atomic E-state index is 13.2. The minimum atomic E-state index is -4.83. The van der Waals surface area contributed by atoms with Gasteiger partial charge in [-0.25, -0.2) is 15.2 Å². The second-order valence-corrected chi connectivity index (χ2v) is 9.96. The quantitative estimate of drug-likeness (QED) is 0.461. The molecular formula is C24H31F3N6O4. The number of amides is 2. The van der Waals surface area contributed by atoms with Crippen molar-refractivity contribution in [2.75, 3.05) is 32.1 Å². The van der Waals surface area contributed by atoms with E-state index >= 15 is 0 Å². The summed E-state index contributed by atoms with van der Waals surface area (Å²) in [6.45, 7) is 1.97. The van der Waals surface area contributed by atoms with Crippen molar-refractivity contribution in [3.63, 3.8) is 0 Å². The van der Waals surface area contributed by atoms with Gasteiger partial charge in [0, 0.05) is 31.4 Å². The summed E-state index contributed by atoms with van der Waals surface area (Å²) >= 11 is 0. The number of benzene rings is 1. The van der Waals surface area contributed by atoms with E-state index in [4.69, 9.17) is 4.74 Å². The number of likely N-dealkylation sites (tertiary alicyclic amines) is 1. The molecule has 1 aromatic carbocycles. The van der Waals surface area contributed by atoms with E-state index in [1.165, 1.54) is 31.4 Å². The molecule has 0 bridgehead atoms. The molecule has 1 aromatic rings. The van der Waals surface area contributed by atoms with Gasteiger partial charge in [0.1, 0.15) is 6.17 Å². The maximum Gasteiger partial charge on any atom is 0.421 e. The average Bonchev–Trinajstić information content (AvgIpc) is 3.24. The zero-order valence-corrected chi connectivity index (χ0v) is 20.6. The predicted octanol–water partition coefficient (Wildman–Crippen LogP) is 2.03. The minimum Gasteiger partial charge on any atom is -0.453 e. The number of alkyl halides is 3. The number of hydrazine groups is 1. The smallest absolute Gasteiger partial charge is 0.421 e. The molecule has 4 rings (SSSR count). The van der Waals surface area contributed by atoms with Crippen LogP contribution in [0.25, 0.3) is 0 Å². The van der Waals surface area contributed by atoms with Crippen LogP contribution < -0.4 is 16.1 Å². The van der Waals surface area contributed by atoms with Gasteiger partial charge in [-0.1, -0.05) is 12.1 Å². The number of nitrogens with one attached hydrogen (secondary N) is 3. The molecule has 0 saturated carbocycles. The van der Waals surface area contributed by atoms with Crippen LogP contribution >= 0.6 is 0 Å². The molecule has 202 valence electrons. The Morgan fingerprint density at radius 3 is 2.51 bits per heavy atom. The second-order valence-electron chi connectivity index (χ2n) is 9.96. The second kappa shape index (κ2) is 10.00. The summed E-state index contributed by atoms with van der Waals surface area (Å²) < 4.78 is 44.4. The first-order chi connectivity index (χ1) is 17.4. The van der Waals surface area contributed by atoms with E-state index in [2.05, 4.69) is 22.1 Å². The zero-order chi connectivity index (χ0) is 27.0. The lowest BCUT2D eigenvalue weighted by Crippen LogP contribution is -2.62. The van der Waals surface area contributed by atoms with Crippen LogP contribution in [0.15, 0.2) is 24.3 Å². The zero-order valence-electron chi connectivity index (χ0n) is 20.6. The first kappa shape index (κ1) is 27.0. The molecule has 0 radical (unpaired) electrons. The predicted molar refractivity (Wildman–Crippen MR) is 126 cm³/mol. The number of halogens is 3. The summed E-state index contributed by atoms with van der Waals surface area (Å²) in [4.78, 5) is 26.5. The van der Waals surface area contributed by atoms with E-state index < -0.39 is 35.5 Å². The van der Waals surface area contributed by atoms with Crippen LogP contribution in [0.5, 0.6) is 0 Å². The number of nitrogens with zero attached hydrogens (tertiary/aromatic N) is 3. The SMILES string of the molecule is COC(=O)N1CCC(CC#N)(N2NC(Nc3ccc(C(C)(O)C(F)(F)F)cc3)C3C(=O)NCCC32)CC1. The molecule has 0 aromatic heterocycles. The van der Waals surface area contributed by atoms with Crippen molar-refractivity contribution in [1.82, 2.24) is 20.7 Å². The fourth-order valence-electron chi connectivity index (χ4n) is 5.53. The van der Waals surface area contributed by atoms with Gasteiger partial charge in [-0.15, -0.1) is 0 Å². The number of hydrogen-bond donors (Lipinski definition) is 4. The van der Waals surface area contributed by atoms with Crippen molar-refractivity contribution >= 4 is 17.7 Å². The third kappa shape index (κ3) is 4.93. The highest BCUT2D eigenvalue weighted by Crippen LogP contribution is 2.41. The number of anilines is 1. The van der Waals surface area contributed by atoms with Crippen LogP contribution in [-0.2, 0) is 15.1 Å². The molecule has 3 heterocycles. The Balaban J connectivity index is 1.56. The number of carbonyl (C=O) groups excluding carboxylic acids is 2. The first-order valence-corrected chi connectivity index (χ1v) is 12.1. The molecule has 2 amide bonds. The van der Waals surface area contributed by atoms with Crippen LogP contribution in [0.1, 0.15) is 38.2 Å². The van der Waals surface area contributed by atoms with Gasteiger partial charge in [0.2, 0.25) is 5.91 Å². The molecular weight excluding hydrogens is 493 g/mol. The van der Waals surface area contributed by atoms with Crippen molar-refractivity contribution in [2.45, 2.75) is 62.1 Å². The molecule has 4 N–H and O–H groups in total. The fourth-order valence-corrected chi connectivity index (χ4v) is 5.53. The molecule has 10 nitrogen and oxygen atoms in total. The van der Waals surface area contributed by atoms with Gasteiger partial charge in [0.15, 0.2) is 5.60 Å². The van der Waals surface area contributed by atoms with Gasteiger partial charge in [0.05, 0.1) is 31.1 Å². The summed E-state index contributed by atoms with van der Waals surface area (Å²) in [5, 5.41) is 27.7. The van der Waals surface area contributed by atoms with Crippen molar-refractivity contribution in [2.24, 2.45) is 5.92 Å². The average molecular weight is 525 g/mol. The van der Waals surface area contributed by atoms with Gasteiger partial charge < -0.3 is 25.4 Å². The van der Waals surface area contributed by atoms with E-state index in [0.29, 0.717) is 51.5 Å². The highest BCUT2D eigenvalue weighted by Gasteiger charge is 2.55. The highest BCUT2D eigenvalue weighted by molar-refractivity contribution is 5.82. The lowest BCUT2D eigenvalue weighted by Gasteiger charge is -2.48. The molecule has 4 unspecified atom stereocenters. The first-order valence-electron chi connectivity index (χ1n) is 12.1. The van der Waals surface area contributed by atoms with Crippen LogP contribution in [0.3, 0.4) is 0 Å². The summed E-state index contributed by atoms with van der Waals surface area (Å²) in [7, 11) is 1.32. The van der Waals surface area contributed by atoms with Crippen LogP contribution in [0.4, 0.5) is 23.7 Å². The largest absolute Gasteiger partial charge is 0.453 e. The van der Waals surface area contributed by atoms with Gasteiger partial charge in [-0.05, 0) is 43.9 Å². The molecule has 0 spiro atoms. The summed E-state index contributed by atoms with van der Waals surface area (Å²) in [5.74, 6) is -0.694. The summed E-state index contributed by atoms with van der Waals surface area (Å²) in [6.07, 6.45) is -4.02. The van der Waals surface area contributed by atoms with Crippen molar-refractivity contribution in [1.29, 1.82) is 5.26 Å². The van der Waals surface area contributed by atoms with Gasteiger partial charge in [0.25, 0.3) is 0 Å². The molecule has 13 heteroatoms. The lowest BCUT2D eigenvalue weighted by molar-refractivity contribution is -0.258. The van der Waals surface area contributed by atoms with Crippen molar-refractivity contribution in [3.05, 3.63) is 29.8 Å². The molecule has 37 heavy (non-hydrogen) atoms. The Morgan fingerprint density at radius 1 is 1.30 bits per heavy atom. The monoisotopic (exact) mass is 524 g/mol. The maximum atomic E-state index is 13.2. The molecule has 4 atom stereocenters. The van der Waals surface area contributed by atoms with Gasteiger partial charge in [-0.3, -0.25) is 4.79 Å². The number of fused-ring (bicyclic) bond motifs is 1. The van der Waals surface area contributed by atoms with Crippen LogP contribution in [0, 0.1) is 17.2 Å². The number of piperidine rings is 2. The molecule has 3 fully saturated rings. The number of nitriles is 1. The van der Waals surface area contributed by atoms with E-state index in [9.17, 15) is 33.1 Å². The Labute approximate surface area is 212 Å². The number of rotatable bonds is 5. The Bertz CT molecular complexity index is 1050. The molecule has 3 aliphatic rings. The van der Waals surface area contributed by atoms with Crippen molar-refractivity contribution in [3.8, 4) is 6.07 Å². The number of carbonyl (C=O) groups is 2. The third-order valence-electron chi connectivity index (χ3n) is 7.79. The minimum absolute atomic E-state index is 0.167. The van der Waals surface area contributed by atoms with Crippen LogP contribution in [0.2, 0.25) is 0 Å². The Hall–Kier alpha value is -3.08. The Morgan fingerprint density at radius 2 is 1.95 bits per heavy atom. The normalized spacial score (nSPS) is 27.4. The van der Waals surface area contributed by atoms with E-state index in [0.717, 1.165) is 0 Å². The van der Waals surface area contributed by atoms with Gasteiger partial charge >= 0.3 is 12.3 Å². The highest BCUT2D eigenvalue weighted by atomic mass is 19.4. The number of methoxy groups -OCH3 is 1. The number of ether oxygens (including phenoxy) is 1. The Kier molecular flexibility index (Phi) is 7.29. The fraction of sp³-hybridized carbons (Fsp3) is 0.625. The lowest BCUT2D eigenvalue weighted by atomic mass is 9.81. The summed E-state index contributed by atoms with van der Waals surface area (Å²) in [6, 6.07) is 7.28. The topological polar surface area (TPSA) is 130 Å². The van der Waals surface area contributed by atoms with Crippen LogP contribution in [-0.4, -0.2) is 77.7 Å². The number of aliphatic hydroxyl groups is 1. The molecule has 3 aliphatic heterocycles. The van der Waals surface area contributed by atoms with Gasteiger partial charge in [-0.2, -0.15) is 18.4 Å². The molecule has 0 aliphatic carbocycles. The number of hydrogen-bond acceptors (Lipinski definition) is 8. The third-order valence-corrected chi connectivity index (χ3v) is 7.79. The van der Waals surface area contributed by atoms with E-state index in [1.807, 2.05) is 5.01 Å². The van der Waals surface area contributed by atoms with E-state index in [1.54, 1.807) is 4.90 Å².